The van der Waals surface area contributed by atoms with E-state index in [0.717, 1.165) is 5.69 Å². The number of hydrogen-bond acceptors (Lipinski definition) is 3. The summed E-state index contributed by atoms with van der Waals surface area (Å²) in [5.41, 5.74) is 1.11. The zero-order valence-electron chi connectivity index (χ0n) is 17.7. The minimum absolute atomic E-state index is 0.119. The number of aromatic nitrogens is 3. The van der Waals surface area contributed by atoms with Crippen molar-refractivity contribution in [2.45, 2.75) is 6.04 Å². The van der Waals surface area contributed by atoms with E-state index < -0.39 is 29.0 Å². The van der Waals surface area contributed by atoms with Crippen LogP contribution in [0.1, 0.15) is 27.5 Å². The van der Waals surface area contributed by atoms with E-state index in [1.165, 1.54) is 48.8 Å². The highest BCUT2D eigenvalue weighted by Crippen LogP contribution is 2.24. The minimum Gasteiger partial charge on any atom is -0.360 e. The van der Waals surface area contributed by atoms with Gasteiger partial charge in [-0.3, -0.25) is 9.59 Å². The third kappa shape index (κ3) is 3.97. The van der Waals surface area contributed by atoms with Crippen LogP contribution in [0.5, 0.6) is 0 Å². The molecule has 0 bridgehead atoms. The third-order valence-corrected chi connectivity index (χ3v) is 5.54. The molecule has 2 heterocycles. The molecular formula is C26H18F2N4O2. The van der Waals surface area contributed by atoms with E-state index in [0.29, 0.717) is 5.52 Å². The quantitative estimate of drug-likeness (QED) is 0.408. The Morgan fingerprint density at radius 3 is 2.53 bits per heavy atom. The number of para-hydroxylation sites is 1. The molecule has 0 aliphatic rings. The molecule has 6 nitrogen and oxygen atoms in total. The van der Waals surface area contributed by atoms with Crippen molar-refractivity contribution in [1.82, 2.24) is 20.1 Å². The Kier molecular flexibility index (Phi) is 5.47. The Hall–Kier alpha value is -4.59. The van der Waals surface area contributed by atoms with E-state index in [4.69, 9.17) is 0 Å². The number of benzene rings is 3. The summed E-state index contributed by atoms with van der Waals surface area (Å²) >= 11 is 0. The van der Waals surface area contributed by atoms with Crippen LogP contribution in [0.3, 0.4) is 0 Å². The van der Waals surface area contributed by atoms with Crippen LogP contribution in [0.25, 0.3) is 16.6 Å². The summed E-state index contributed by atoms with van der Waals surface area (Å²) in [5.74, 6) is -1.61. The molecule has 5 rings (SSSR count). The van der Waals surface area contributed by atoms with Gasteiger partial charge in [-0.15, -0.1) is 0 Å². The molecule has 2 aromatic heterocycles. The first kappa shape index (κ1) is 21.3. The SMILES string of the molecule is O=C(NC(c1ccccc1F)c1c[nH]c2cc(F)ccc2c1=O)c1cnn(-c2ccccc2)c1. The van der Waals surface area contributed by atoms with Crippen LogP contribution in [0, 0.1) is 11.6 Å². The van der Waals surface area contributed by atoms with Gasteiger partial charge < -0.3 is 10.3 Å². The number of pyridine rings is 1. The van der Waals surface area contributed by atoms with Crippen molar-refractivity contribution in [3.05, 3.63) is 130 Å². The van der Waals surface area contributed by atoms with Crippen LogP contribution >= 0.6 is 0 Å². The Labute approximate surface area is 192 Å². The molecule has 0 aliphatic carbocycles. The fourth-order valence-corrected chi connectivity index (χ4v) is 3.83. The number of carbonyl (C=O) groups is 1. The highest BCUT2D eigenvalue weighted by molar-refractivity contribution is 5.94. The third-order valence-electron chi connectivity index (χ3n) is 5.54. The monoisotopic (exact) mass is 456 g/mol. The second kappa shape index (κ2) is 8.74. The Morgan fingerprint density at radius 2 is 1.74 bits per heavy atom. The molecule has 0 radical (unpaired) electrons. The van der Waals surface area contributed by atoms with Gasteiger partial charge in [0.1, 0.15) is 11.6 Å². The summed E-state index contributed by atoms with van der Waals surface area (Å²) in [5, 5.41) is 7.21. The molecule has 5 aromatic rings. The smallest absolute Gasteiger partial charge is 0.255 e. The Balaban J connectivity index is 1.55. The molecule has 8 heteroatoms. The van der Waals surface area contributed by atoms with Gasteiger partial charge in [-0.2, -0.15) is 5.10 Å². The predicted molar refractivity (Wildman–Crippen MR) is 124 cm³/mol. The van der Waals surface area contributed by atoms with Gasteiger partial charge in [-0.1, -0.05) is 36.4 Å². The average molecular weight is 456 g/mol. The highest BCUT2D eigenvalue weighted by Gasteiger charge is 2.25. The van der Waals surface area contributed by atoms with Crippen LogP contribution in [0.2, 0.25) is 0 Å². The van der Waals surface area contributed by atoms with Gasteiger partial charge in [0.2, 0.25) is 0 Å². The van der Waals surface area contributed by atoms with E-state index in [-0.39, 0.29) is 22.1 Å². The zero-order valence-corrected chi connectivity index (χ0v) is 17.7. The lowest BCUT2D eigenvalue weighted by Gasteiger charge is -2.20. The molecular weight excluding hydrogens is 438 g/mol. The lowest BCUT2D eigenvalue weighted by atomic mass is 9.97. The molecule has 1 atom stereocenters. The molecule has 34 heavy (non-hydrogen) atoms. The largest absolute Gasteiger partial charge is 0.360 e. The van der Waals surface area contributed by atoms with E-state index >= 15 is 0 Å². The first-order chi connectivity index (χ1) is 16.5. The fourth-order valence-electron chi connectivity index (χ4n) is 3.83. The van der Waals surface area contributed by atoms with Crippen molar-refractivity contribution in [3.63, 3.8) is 0 Å². The summed E-state index contributed by atoms with van der Waals surface area (Å²) < 4.78 is 29.9. The molecule has 1 amide bonds. The second-order valence-electron chi connectivity index (χ2n) is 7.70. The summed E-state index contributed by atoms with van der Waals surface area (Å²) in [6.07, 6.45) is 4.32. The lowest BCUT2D eigenvalue weighted by Crippen LogP contribution is -2.33. The number of carbonyl (C=O) groups excluding carboxylic acids is 1. The van der Waals surface area contributed by atoms with E-state index in [2.05, 4.69) is 15.4 Å². The highest BCUT2D eigenvalue weighted by atomic mass is 19.1. The first-order valence-electron chi connectivity index (χ1n) is 10.5. The molecule has 0 aliphatic heterocycles. The van der Waals surface area contributed by atoms with E-state index in [1.54, 1.807) is 16.9 Å². The van der Waals surface area contributed by atoms with Crippen molar-refractivity contribution in [2.75, 3.05) is 0 Å². The maximum atomic E-state index is 14.8. The van der Waals surface area contributed by atoms with Gasteiger partial charge in [0.05, 0.1) is 29.0 Å². The molecule has 168 valence electrons. The molecule has 3 aromatic carbocycles. The van der Waals surface area contributed by atoms with Gasteiger partial charge in [-0.05, 0) is 36.4 Å². The van der Waals surface area contributed by atoms with Crippen molar-refractivity contribution in [2.24, 2.45) is 0 Å². The van der Waals surface area contributed by atoms with Gasteiger partial charge in [0, 0.05) is 28.9 Å². The van der Waals surface area contributed by atoms with Crippen LogP contribution < -0.4 is 10.7 Å². The number of nitrogens with one attached hydrogen (secondary N) is 2. The average Bonchev–Trinajstić information content (AvgIpc) is 3.35. The maximum absolute atomic E-state index is 14.8. The molecule has 1 unspecified atom stereocenters. The number of halogens is 2. The number of aromatic amines is 1. The van der Waals surface area contributed by atoms with Gasteiger partial charge >= 0.3 is 0 Å². The van der Waals surface area contributed by atoms with Crippen LogP contribution in [-0.2, 0) is 0 Å². The topological polar surface area (TPSA) is 79.8 Å². The number of fused-ring (bicyclic) bond motifs is 1. The zero-order chi connectivity index (χ0) is 23.7. The van der Waals surface area contributed by atoms with Crippen LogP contribution in [0.4, 0.5) is 8.78 Å². The standard InChI is InChI=1S/C26H18F2N4O2/c27-17-10-11-20-23(12-17)29-14-21(25(20)33)24(19-8-4-5-9-22(19)28)31-26(34)16-13-30-32(15-16)18-6-2-1-3-7-18/h1-15,24H,(H,29,33)(H,31,34). The molecule has 2 N–H and O–H groups in total. The van der Waals surface area contributed by atoms with Crippen molar-refractivity contribution in [1.29, 1.82) is 0 Å². The number of rotatable bonds is 5. The van der Waals surface area contributed by atoms with Gasteiger partial charge in [0.15, 0.2) is 5.43 Å². The Morgan fingerprint density at radius 1 is 0.971 bits per heavy atom. The first-order valence-corrected chi connectivity index (χ1v) is 10.5. The number of amides is 1. The van der Waals surface area contributed by atoms with Gasteiger partial charge in [-0.25, -0.2) is 13.5 Å². The normalized spacial score (nSPS) is 11.9. The second-order valence-corrected chi connectivity index (χ2v) is 7.70. The van der Waals surface area contributed by atoms with Crippen molar-refractivity contribution < 1.29 is 13.6 Å². The van der Waals surface area contributed by atoms with Gasteiger partial charge in [0.25, 0.3) is 5.91 Å². The summed E-state index contributed by atoms with van der Waals surface area (Å²) in [4.78, 5) is 29.2. The summed E-state index contributed by atoms with van der Waals surface area (Å²) in [6, 6.07) is 17.8. The van der Waals surface area contributed by atoms with Crippen molar-refractivity contribution in [3.8, 4) is 5.69 Å². The Bertz CT molecular complexity index is 1560. The predicted octanol–water partition coefficient (Wildman–Crippen LogP) is 4.51. The maximum Gasteiger partial charge on any atom is 0.255 e. The van der Waals surface area contributed by atoms with Crippen LogP contribution in [-0.4, -0.2) is 20.7 Å². The number of nitrogens with zero attached hydrogens (tertiary/aromatic N) is 2. The van der Waals surface area contributed by atoms with E-state index in [1.807, 2.05) is 30.3 Å². The lowest BCUT2D eigenvalue weighted by molar-refractivity contribution is 0.0942. The summed E-state index contributed by atoms with van der Waals surface area (Å²) in [7, 11) is 0. The molecule has 0 saturated heterocycles. The van der Waals surface area contributed by atoms with Crippen molar-refractivity contribution >= 4 is 16.8 Å². The molecule has 0 spiro atoms. The van der Waals surface area contributed by atoms with Crippen LogP contribution in [0.15, 0.2) is 96.2 Å². The summed E-state index contributed by atoms with van der Waals surface area (Å²) in [6.45, 7) is 0. The van der Waals surface area contributed by atoms with E-state index in [9.17, 15) is 18.4 Å². The minimum atomic E-state index is -1.09. The molecule has 0 fully saturated rings. The number of hydrogen-bond donors (Lipinski definition) is 2. The fraction of sp³-hybridized carbons (Fsp3) is 0.0385. The number of H-pyrrole nitrogens is 1. The molecule has 0 saturated carbocycles.